The zero-order valence-corrected chi connectivity index (χ0v) is 16.9. The van der Waals surface area contributed by atoms with Gasteiger partial charge in [-0.25, -0.2) is 0 Å². The minimum atomic E-state index is -0.699. The summed E-state index contributed by atoms with van der Waals surface area (Å²) in [6.45, 7) is 8.60. The summed E-state index contributed by atoms with van der Waals surface area (Å²) in [5.74, 6) is -0.660. The van der Waals surface area contributed by atoms with Gasteiger partial charge in [-0.2, -0.15) is 0 Å². The van der Waals surface area contributed by atoms with Gasteiger partial charge in [0.2, 0.25) is 5.91 Å². The van der Waals surface area contributed by atoms with Gasteiger partial charge in [-0.15, -0.1) is 24.5 Å². The van der Waals surface area contributed by atoms with Crippen molar-refractivity contribution in [3.63, 3.8) is 0 Å². The average molecular weight is 407 g/mol. The number of imide groups is 1. The molecule has 0 saturated heterocycles. The highest BCUT2D eigenvalue weighted by molar-refractivity contribution is 7.10. The van der Waals surface area contributed by atoms with Crippen LogP contribution in [0.1, 0.15) is 32.0 Å². The minimum Gasteiger partial charge on any atom is -0.334 e. The Balaban J connectivity index is 1.61. The molecule has 1 aromatic carbocycles. The summed E-state index contributed by atoms with van der Waals surface area (Å²) in [4.78, 5) is 43.0. The number of thiophene rings is 1. The number of carbonyl (C=O) groups is 3. The highest BCUT2D eigenvalue weighted by atomic mass is 32.1. The fourth-order valence-electron chi connectivity index (χ4n) is 4.21. The second-order valence-electron chi connectivity index (χ2n) is 7.40. The average Bonchev–Trinajstić information content (AvgIpc) is 3.07. The number of hydrogen-bond acceptors (Lipinski definition) is 4. The first-order valence-electron chi connectivity index (χ1n) is 9.55. The Kier molecular flexibility index (Phi) is 4.96. The lowest BCUT2D eigenvalue weighted by atomic mass is 9.98. The summed E-state index contributed by atoms with van der Waals surface area (Å²) in [6, 6.07) is 10.8. The van der Waals surface area contributed by atoms with E-state index in [4.69, 9.17) is 0 Å². The molecule has 2 aliphatic rings. The Morgan fingerprint density at radius 2 is 1.72 bits per heavy atom. The number of nitrogens with zero attached hydrogens (tertiary/aromatic N) is 2. The number of benzene rings is 1. The molecule has 0 N–H and O–H groups in total. The van der Waals surface area contributed by atoms with Crippen LogP contribution in [0.2, 0.25) is 0 Å². The van der Waals surface area contributed by atoms with E-state index in [1.54, 1.807) is 41.3 Å². The van der Waals surface area contributed by atoms with Crippen LogP contribution in [0, 0.1) is 5.92 Å². The van der Waals surface area contributed by atoms with Gasteiger partial charge in [-0.3, -0.25) is 19.3 Å². The third kappa shape index (κ3) is 3.04. The van der Waals surface area contributed by atoms with Crippen molar-refractivity contribution in [3.8, 4) is 0 Å². The third-order valence-corrected chi connectivity index (χ3v) is 6.76. The maximum absolute atomic E-state index is 13.5. The summed E-state index contributed by atoms with van der Waals surface area (Å²) in [5, 5.41) is 1.95. The molecule has 1 aliphatic carbocycles. The van der Waals surface area contributed by atoms with Crippen LogP contribution in [0.15, 0.2) is 67.1 Å². The zero-order valence-electron chi connectivity index (χ0n) is 16.0. The van der Waals surface area contributed by atoms with E-state index < -0.39 is 5.41 Å². The van der Waals surface area contributed by atoms with Crippen LogP contribution in [0.25, 0.3) is 0 Å². The van der Waals surface area contributed by atoms with Gasteiger partial charge in [0.05, 0.1) is 16.5 Å². The lowest BCUT2D eigenvalue weighted by Crippen LogP contribution is -2.42. The van der Waals surface area contributed by atoms with Crippen LogP contribution in [-0.4, -0.2) is 47.2 Å². The van der Waals surface area contributed by atoms with Gasteiger partial charge >= 0.3 is 0 Å². The van der Waals surface area contributed by atoms with Crippen molar-refractivity contribution in [2.45, 2.75) is 11.8 Å². The third-order valence-electron chi connectivity index (χ3n) is 5.72. The van der Waals surface area contributed by atoms with Crippen molar-refractivity contribution in [1.82, 2.24) is 9.80 Å². The normalized spacial score (nSPS) is 22.3. The molecule has 148 valence electrons. The highest BCUT2D eigenvalue weighted by Crippen LogP contribution is 2.57. The fourth-order valence-corrected chi connectivity index (χ4v) is 5.22. The van der Waals surface area contributed by atoms with Gasteiger partial charge in [0.15, 0.2) is 0 Å². The Bertz CT molecular complexity index is 952. The second-order valence-corrected chi connectivity index (χ2v) is 8.35. The fraction of sp³-hybridized carbons (Fsp3) is 0.261. The molecule has 6 heteroatoms. The van der Waals surface area contributed by atoms with E-state index in [2.05, 4.69) is 13.2 Å². The van der Waals surface area contributed by atoms with Crippen molar-refractivity contribution < 1.29 is 14.4 Å². The van der Waals surface area contributed by atoms with E-state index >= 15 is 0 Å². The van der Waals surface area contributed by atoms with Gasteiger partial charge in [-0.05, 0) is 35.9 Å². The monoisotopic (exact) mass is 406 g/mol. The molecule has 29 heavy (non-hydrogen) atoms. The Hall–Kier alpha value is -2.99. The maximum Gasteiger partial charge on any atom is 0.261 e. The van der Waals surface area contributed by atoms with Gasteiger partial charge in [0.1, 0.15) is 0 Å². The predicted octanol–water partition coefficient (Wildman–Crippen LogP) is 3.50. The first-order chi connectivity index (χ1) is 14.0. The zero-order chi connectivity index (χ0) is 20.6. The van der Waals surface area contributed by atoms with Gasteiger partial charge in [0.25, 0.3) is 11.8 Å². The molecule has 5 nitrogen and oxygen atoms in total. The quantitative estimate of drug-likeness (QED) is 0.498. The van der Waals surface area contributed by atoms with E-state index in [1.807, 2.05) is 17.5 Å². The van der Waals surface area contributed by atoms with E-state index in [0.29, 0.717) is 30.6 Å². The van der Waals surface area contributed by atoms with Gasteiger partial charge < -0.3 is 4.90 Å². The molecule has 2 atom stereocenters. The smallest absolute Gasteiger partial charge is 0.261 e. The summed E-state index contributed by atoms with van der Waals surface area (Å²) >= 11 is 1.54. The summed E-state index contributed by atoms with van der Waals surface area (Å²) in [5.41, 5.74) is 0.174. The van der Waals surface area contributed by atoms with Crippen molar-refractivity contribution in [3.05, 3.63) is 83.1 Å². The Morgan fingerprint density at radius 1 is 1.10 bits per heavy atom. The van der Waals surface area contributed by atoms with E-state index in [0.717, 1.165) is 4.88 Å². The lowest BCUT2D eigenvalue weighted by molar-refractivity contribution is -0.133. The number of rotatable bonds is 8. The SMILES string of the molecule is C=CCN(CC=C)C(=O)[C@@]1(c2cccs2)C[C@H]1CN1C(=O)c2ccccc2C1=O. The molecule has 0 radical (unpaired) electrons. The van der Waals surface area contributed by atoms with Crippen LogP contribution >= 0.6 is 11.3 Å². The van der Waals surface area contributed by atoms with E-state index in [1.165, 1.54) is 16.2 Å². The summed E-state index contributed by atoms with van der Waals surface area (Å²) in [7, 11) is 0. The van der Waals surface area contributed by atoms with Crippen molar-refractivity contribution >= 4 is 29.1 Å². The molecule has 2 aromatic rings. The van der Waals surface area contributed by atoms with Crippen molar-refractivity contribution in [2.24, 2.45) is 5.92 Å². The topological polar surface area (TPSA) is 57.7 Å². The molecule has 2 heterocycles. The first-order valence-corrected chi connectivity index (χ1v) is 10.4. The number of carbonyl (C=O) groups excluding carboxylic acids is 3. The molecular formula is C23H22N2O3S. The predicted molar refractivity (Wildman–Crippen MR) is 113 cm³/mol. The summed E-state index contributed by atoms with van der Waals surface area (Å²) < 4.78 is 0. The second kappa shape index (κ2) is 7.44. The maximum atomic E-state index is 13.5. The Labute approximate surface area is 173 Å². The summed E-state index contributed by atoms with van der Waals surface area (Å²) in [6.07, 6.45) is 4.01. The number of hydrogen-bond donors (Lipinski definition) is 0. The molecule has 3 amide bonds. The molecule has 1 aromatic heterocycles. The number of amides is 3. The standard InChI is InChI=1S/C23H22N2O3S/c1-3-11-24(12-4-2)22(28)23(19-10-7-13-29-19)14-16(23)15-25-20(26)17-8-5-6-9-18(17)21(25)27/h3-10,13,16H,1-2,11-12,14-15H2/t16-,23-/m0/s1. The highest BCUT2D eigenvalue weighted by Gasteiger charge is 2.63. The van der Waals surface area contributed by atoms with Crippen LogP contribution < -0.4 is 0 Å². The Morgan fingerprint density at radius 3 is 2.24 bits per heavy atom. The molecule has 1 aliphatic heterocycles. The van der Waals surface area contributed by atoms with Crippen LogP contribution in [0.3, 0.4) is 0 Å². The van der Waals surface area contributed by atoms with Gasteiger partial charge in [-0.1, -0.05) is 30.4 Å². The van der Waals surface area contributed by atoms with Crippen molar-refractivity contribution in [2.75, 3.05) is 19.6 Å². The van der Waals surface area contributed by atoms with Gasteiger partial charge in [0, 0.05) is 24.5 Å². The van der Waals surface area contributed by atoms with Crippen molar-refractivity contribution in [1.29, 1.82) is 0 Å². The molecule has 0 bridgehead atoms. The molecular weight excluding hydrogens is 384 g/mol. The molecule has 4 rings (SSSR count). The largest absolute Gasteiger partial charge is 0.334 e. The van der Waals surface area contributed by atoms with E-state index in [-0.39, 0.29) is 30.2 Å². The van der Waals surface area contributed by atoms with Crippen LogP contribution in [0.5, 0.6) is 0 Å². The van der Waals surface area contributed by atoms with Crippen LogP contribution in [0.4, 0.5) is 0 Å². The molecule has 0 unspecified atom stereocenters. The first kappa shape index (κ1) is 19.3. The number of fused-ring (bicyclic) bond motifs is 1. The molecule has 1 fully saturated rings. The minimum absolute atomic E-state index is 0.00126. The molecule has 1 saturated carbocycles. The van der Waals surface area contributed by atoms with Crippen LogP contribution in [-0.2, 0) is 10.2 Å². The lowest BCUT2D eigenvalue weighted by Gasteiger charge is -2.26. The van der Waals surface area contributed by atoms with E-state index in [9.17, 15) is 14.4 Å². The molecule has 0 spiro atoms.